The van der Waals surface area contributed by atoms with Gasteiger partial charge in [0, 0.05) is 16.8 Å². The molecule has 3 rings (SSSR count). The van der Waals surface area contributed by atoms with Crippen molar-refractivity contribution in [1.82, 2.24) is 0 Å². The second kappa shape index (κ2) is 11.7. The van der Waals surface area contributed by atoms with Gasteiger partial charge in [-0.15, -0.1) is 0 Å². The van der Waals surface area contributed by atoms with Crippen molar-refractivity contribution < 1.29 is 13.4 Å². The Balaban J connectivity index is 1.95. The summed E-state index contributed by atoms with van der Waals surface area (Å²) in [7, 11) is -6.68. The highest BCUT2D eigenvalue weighted by Gasteiger charge is 2.43. The molecule has 3 nitrogen and oxygen atoms in total. The van der Waals surface area contributed by atoms with Crippen LogP contribution in [-0.2, 0) is 13.4 Å². The zero-order chi connectivity index (χ0) is 28.4. The first-order chi connectivity index (χ1) is 17.4. The lowest BCUT2D eigenvalue weighted by Gasteiger charge is -2.45. The Morgan fingerprint density at radius 2 is 1.11 bits per heavy atom. The summed E-state index contributed by atoms with van der Waals surface area (Å²) in [5.41, 5.74) is 1.33. The van der Waals surface area contributed by atoms with Crippen LogP contribution in [0.15, 0.2) is 72.3 Å². The van der Waals surface area contributed by atoms with Crippen LogP contribution >= 0.6 is 7.14 Å². The maximum atomic E-state index is 14.6. The quantitative estimate of drug-likeness (QED) is 0.181. The van der Waals surface area contributed by atoms with E-state index in [1.807, 2.05) is 60.7 Å². The van der Waals surface area contributed by atoms with Gasteiger partial charge in [0.2, 0.25) is 0 Å². The summed E-state index contributed by atoms with van der Waals surface area (Å²) in [6, 6.07) is 20.0. The lowest BCUT2D eigenvalue weighted by Crippen LogP contribution is -2.48. The Morgan fingerprint density at radius 1 is 0.737 bits per heavy atom. The number of hydrogen-bond acceptors (Lipinski definition) is 3. The fourth-order valence-corrected chi connectivity index (χ4v) is 9.89. The standard InChI is InChI=1S/C32H51O3PSi2/c1-31(2,3)37(7,8)34-27-23-26(24-28(25-27)35-38(9,10)32(4,5)6)21-22-36(33,29-17-13-11-14-18-29)30-19-15-12-16-20-30/h11-21,27-28H,22-25H2,1-10H3/t27-,28?/m1/s1. The summed E-state index contributed by atoms with van der Waals surface area (Å²) in [6.45, 7) is 23.2. The van der Waals surface area contributed by atoms with Gasteiger partial charge in [-0.05, 0) is 55.5 Å². The summed E-state index contributed by atoms with van der Waals surface area (Å²) >= 11 is 0. The predicted molar refractivity (Wildman–Crippen MR) is 171 cm³/mol. The molecule has 38 heavy (non-hydrogen) atoms. The molecular weight excluding hydrogens is 519 g/mol. The normalized spacial score (nSPS) is 21.1. The van der Waals surface area contributed by atoms with Gasteiger partial charge in [0.05, 0.1) is 12.2 Å². The largest absolute Gasteiger partial charge is 0.414 e. The van der Waals surface area contributed by atoms with Gasteiger partial charge in [-0.2, -0.15) is 0 Å². The van der Waals surface area contributed by atoms with Gasteiger partial charge < -0.3 is 13.4 Å². The first-order valence-electron chi connectivity index (χ1n) is 14.2. The van der Waals surface area contributed by atoms with E-state index < -0.39 is 23.8 Å². The Labute approximate surface area is 235 Å². The van der Waals surface area contributed by atoms with Crippen LogP contribution < -0.4 is 10.6 Å². The maximum Gasteiger partial charge on any atom is 0.192 e. The van der Waals surface area contributed by atoms with E-state index in [1.54, 1.807) is 0 Å². The van der Waals surface area contributed by atoms with E-state index in [1.165, 1.54) is 5.57 Å². The van der Waals surface area contributed by atoms with Gasteiger partial charge in [0.1, 0.15) is 7.14 Å². The van der Waals surface area contributed by atoms with Gasteiger partial charge in [-0.25, -0.2) is 0 Å². The van der Waals surface area contributed by atoms with Crippen LogP contribution in [0.4, 0.5) is 0 Å². The van der Waals surface area contributed by atoms with Crippen LogP contribution in [0.3, 0.4) is 0 Å². The van der Waals surface area contributed by atoms with Gasteiger partial charge in [0.15, 0.2) is 16.6 Å². The highest BCUT2D eigenvalue weighted by atomic mass is 31.2. The minimum absolute atomic E-state index is 0.137. The summed E-state index contributed by atoms with van der Waals surface area (Å²) in [4.78, 5) is 0. The molecule has 0 amide bonds. The molecule has 0 bridgehead atoms. The molecule has 0 heterocycles. The van der Waals surface area contributed by atoms with Gasteiger partial charge in [-0.3, -0.25) is 0 Å². The zero-order valence-electron chi connectivity index (χ0n) is 25.5. The Hall–Kier alpha value is -1.24. The lowest BCUT2D eigenvalue weighted by molar-refractivity contribution is 0.0725. The molecule has 1 aliphatic rings. The second-order valence-corrected chi connectivity index (χ2v) is 26.5. The van der Waals surface area contributed by atoms with E-state index in [0.29, 0.717) is 6.16 Å². The van der Waals surface area contributed by atoms with Crippen molar-refractivity contribution in [3.05, 3.63) is 72.3 Å². The van der Waals surface area contributed by atoms with Crippen LogP contribution in [0, 0.1) is 0 Å². The fraction of sp³-hybridized carbons (Fsp3) is 0.562. The van der Waals surface area contributed by atoms with Crippen molar-refractivity contribution in [3.63, 3.8) is 0 Å². The van der Waals surface area contributed by atoms with E-state index in [-0.39, 0.29) is 22.3 Å². The summed E-state index contributed by atoms with van der Waals surface area (Å²) in [5, 5.41) is 2.14. The third-order valence-electron chi connectivity index (χ3n) is 9.02. The van der Waals surface area contributed by atoms with E-state index in [9.17, 15) is 4.57 Å². The summed E-state index contributed by atoms with van der Waals surface area (Å²) < 4.78 is 28.6. The van der Waals surface area contributed by atoms with Crippen molar-refractivity contribution in [2.45, 2.75) is 109 Å². The Kier molecular flexibility index (Phi) is 9.64. The summed E-state index contributed by atoms with van der Waals surface area (Å²) in [5.74, 6) is 0. The molecular formula is C32H51O3PSi2. The predicted octanol–water partition coefficient (Wildman–Crippen LogP) is 8.89. The first-order valence-corrected chi connectivity index (χ1v) is 21.9. The molecule has 1 fully saturated rings. The first kappa shape index (κ1) is 31.3. The number of allylic oxidation sites excluding steroid dienone is 1. The van der Waals surface area contributed by atoms with Gasteiger partial charge in [-0.1, -0.05) is 114 Å². The highest BCUT2D eigenvalue weighted by Crippen LogP contribution is 2.46. The molecule has 2 aromatic rings. The lowest BCUT2D eigenvalue weighted by atomic mass is 9.90. The number of rotatable bonds is 8. The molecule has 0 radical (unpaired) electrons. The molecule has 0 saturated heterocycles. The van der Waals surface area contributed by atoms with E-state index >= 15 is 0 Å². The molecule has 0 N–H and O–H groups in total. The second-order valence-electron chi connectivity index (χ2n) is 14.1. The average molecular weight is 571 g/mol. The van der Waals surface area contributed by atoms with Crippen molar-refractivity contribution in [2.75, 3.05) is 6.16 Å². The smallest absolute Gasteiger partial charge is 0.192 e. The molecule has 1 unspecified atom stereocenters. The molecule has 0 spiro atoms. The topological polar surface area (TPSA) is 35.5 Å². The molecule has 210 valence electrons. The average Bonchev–Trinajstić information content (AvgIpc) is 2.81. The third-order valence-corrected chi connectivity index (χ3v) is 21.1. The van der Waals surface area contributed by atoms with Crippen molar-refractivity contribution in [2.24, 2.45) is 0 Å². The van der Waals surface area contributed by atoms with Crippen LogP contribution in [0.2, 0.25) is 36.3 Å². The van der Waals surface area contributed by atoms with Crippen molar-refractivity contribution in [3.8, 4) is 0 Å². The van der Waals surface area contributed by atoms with Crippen molar-refractivity contribution in [1.29, 1.82) is 0 Å². The van der Waals surface area contributed by atoms with E-state index in [0.717, 1.165) is 29.9 Å². The van der Waals surface area contributed by atoms with Crippen LogP contribution in [0.5, 0.6) is 0 Å². The zero-order valence-corrected chi connectivity index (χ0v) is 28.4. The monoisotopic (exact) mass is 570 g/mol. The minimum Gasteiger partial charge on any atom is -0.414 e. The molecule has 6 heteroatoms. The molecule has 1 saturated carbocycles. The minimum atomic E-state index is -2.81. The SMILES string of the molecule is CC(C)(C)[Si](C)(C)OC1CC(=CCP(=O)(c2ccccc2)c2ccccc2)C[C@@H](O[Si](C)(C)C(C)(C)C)C1. The molecule has 1 aliphatic carbocycles. The maximum absolute atomic E-state index is 14.6. The van der Waals surface area contributed by atoms with Gasteiger partial charge >= 0.3 is 0 Å². The summed E-state index contributed by atoms with van der Waals surface area (Å²) in [6.07, 6.45) is 5.80. The van der Waals surface area contributed by atoms with Crippen LogP contribution in [-0.4, -0.2) is 35.0 Å². The number of benzene rings is 2. The molecule has 0 aromatic heterocycles. The molecule has 0 aliphatic heterocycles. The van der Waals surface area contributed by atoms with Crippen LogP contribution in [0.1, 0.15) is 60.8 Å². The Morgan fingerprint density at radius 3 is 1.45 bits per heavy atom. The van der Waals surface area contributed by atoms with E-state index in [2.05, 4.69) is 73.8 Å². The van der Waals surface area contributed by atoms with Crippen LogP contribution in [0.25, 0.3) is 0 Å². The van der Waals surface area contributed by atoms with Crippen molar-refractivity contribution >= 4 is 34.4 Å². The third kappa shape index (κ3) is 7.49. The number of hydrogen-bond donors (Lipinski definition) is 0. The highest BCUT2D eigenvalue weighted by molar-refractivity contribution is 7.78. The van der Waals surface area contributed by atoms with Gasteiger partial charge in [0.25, 0.3) is 0 Å². The van der Waals surface area contributed by atoms with E-state index in [4.69, 9.17) is 8.85 Å². The molecule has 2 atom stereocenters. The molecule has 2 aromatic carbocycles. The Bertz CT molecular complexity index is 1050. The fourth-order valence-electron chi connectivity index (χ4n) is 4.62.